The van der Waals surface area contributed by atoms with Crippen molar-refractivity contribution in [2.45, 2.75) is 0 Å². The Morgan fingerprint density at radius 1 is 1.00 bits per heavy atom. The number of amides is 1. The molecule has 0 spiro atoms. The van der Waals surface area contributed by atoms with E-state index in [0.29, 0.717) is 22.6 Å². The summed E-state index contributed by atoms with van der Waals surface area (Å²) in [7, 11) is 0. The monoisotopic (exact) mass is 264 g/mol. The van der Waals surface area contributed by atoms with Gasteiger partial charge in [-0.2, -0.15) is 0 Å². The Bertz CT molecular complexity index is 771. The van der Waals surface area contributed by atoms with Crippen LogP contribution in [-0.4, -0.2) is 15.9 Å². The summed E-state index contributed by atoms with van der Waals surface area (Å²) in [4.78, 5) is 20.4. The number of anilines is 2. The largest absolute Gasteiger partial charge is 0.397 e. The third-order valence-corrected chi connectivity index (χ3v) is 2.95. The summed E-state index contributed by atoms with van der Waals surface area (Å²) in [6, 6.07) is 12.4. The lowest BCUT2D eigenvalue weighted by Crippen LogP contribution is -2.13. The summed E-state index contributed by atoms with van der Waals surface area (Å²) in [5.74, 6) is -0.263. The topological polar surface area (TPSA) is 80.9 Å². The average molecular weight is 264 g/mol. The molecule has 5 nitrogen and oxygen atoms in total. The Morgan fingerprint density at radius 3 is 2.65 bits per heavy atom. The molecule has 3 aromatic rings. The molecule has 0 aliphatic carbocycles. The van der Waals surface area contributed by atoms with Gasteiger partial charge >= 0.3 is 0 Å². The fourth-order valence-electron chi connectivity index (χ4n) is 1.99. The highest BCUT2D eigenvalue weighted by molar-refractivity contribution is 6.09. The minimum absolute atomic E-state index is 0.263. The first kappa shape index (κ1) is 12.1. The van der Waals surface area contributed by atoms with Crippen LogP contribution in [-0.2, 0) is 0 Å². The van der Waals surface area contributed by atoms with Crippen molar-refractivity contribution in [3.8, 4) is 0 Å². The maximum absolute atomic E-state index is 12.1. The summed E-state index contributed by atoms with van der Waals surface area (Å²) in [5, 5.41) is 3.63. The average Bonchev–Trinajstić information content (AvgIpc) is 2.51. The van der Waals surface area contributed by atoms with Crippen molar-refractivity contribution in [3.05, 3.63) is 60.6 Å². The smallest absolute Gasteiger partial charge is 0.274 e. The van der Waals surface area contributed by atoms with E-state index in [9.17, 15) is 4.79 Å². The van der Waals surface area contributed by atoms with E-state index >= 15 is 0 Å². The number of pyridine rings is 2. The number of aromatic nitrogens is 2. The molecule has 0 saturated carbocycles. The summed E-state index contributed by atoms with van der Waals surface area (Å²) < 4.78 is 0. The third kappa shape index (κ3) is 2.16. The zero-order chi connectivity index (χ0) is 13.9. The van der Waals surface area contributed by atoms with E-state index in [1.165, 1.54) is 0 Å². The van der Waals surface area contributed by atoms with Crippen LogP contribution in [0.25, 0.3) is 10.9 Å². The first-order chi connectivity index (χ1) is 9.75. The second kappa shape index (κ2) is 4.97. The van der Waals surface area contributed by atoms with Crippen LogP contribution < -0.4 is 11.1 Å². The van der Waals surface area contributed by atoms with Crippen LogP contribution in [0.15, 0.2) is 54.9 Å². The van der Waals surface area contributed by atoms with Gasteiger partial charge in [0.05, 0.1) is 16.9 Å². The molecule has 0 bridgehead atoms. The highest BCUT2D eigenvalue weighted by Gasteiger charge is 2.10. The maximum Gasteiger partial charge on any atom is 0.274 e. The minimum Gasteiger partial charge on any atom is -0.397 e. The van der Waals surface area contributed by atoms with Crippen LogP contribution in [0, 0.1) is 0 Å². The lowest BCUT2D eigenvalue weighted by Gasteiger charge is -2.09. The number of hydrogen-bond acceptors (Lipinski definition) is 4. The third-order valence-electron chi connectivity index (χ3n) is 2.95. The second-order valence-corrected chi connectivity index (χ2v) is 4.27. The van der Waals surface area contributed by atoms with Crippen LogP contribution in [0.5, 0.6) is 0 Å². The van der Waals surface area contributed by atoms with Gasteiger partial charge in [0, 0.05) is 17.8 Å². The van der Waals surface area contributed by atoms with Crippen LogP contribution in [0.4, 0.5) is 11.4 Å². The molecule has 0 unspecified atom stereocenters. The SMILES string of the molecule is Nc1ccc(NC(=O)c2ccccn2)c2cccnc12. The quantitative estimate of drug-likeness (QED) is 0.697. The zero-order valence-corrected chi connectivity index (χ0v) is 10.6. The van der Waals surface area contributed by atoms with Gasteiger partial charge in [0.25, 0.3) is 5.91 Å². The van der Waals surface area contributed by atoms with Gasteiger partial charge in [-0.15, -0.1) is 0 Å². The van der Waals surface area contributed by atoms with E-state index in [4.69, 9.17) is 5.73 Å². The Balaban J connectivity index is 2.00. The number of nitrogens with two attached hydrogens (primary N) is 1. The molecule has 0 saturated heterocycles. The molecule has 0 radical (unpaired) electrons. The highest BCUT2D eigenvalue weighted by atomic mass is 16.1. The molecule has 1 aromatic carbocycles. The highest BCUT2D eigenvalue weighted by Crippen LogP contribution is 2.26. The van der Waals surface area contributed by atoms with E-state index in [2.05, 4.69) is 15.3 Å². The lowest BCUT2D eigenvalue weighted by atomic mass is 10.1. The first-order valence-electron chi connectivity index (χ1n) is 6.11. The molecule has 1 amide bonds. The molecule has 5 heteroatoms. The molecular formula is C15H12N4O. The van der Waals surface area contributed by atoms with E-state index in [1.807, 2.05) is 6.07 Å². The standard InChI is InChI=1S/C15H12N4O/c16-11-6-7-12(10-4-3-9-18-14(10)11)19-15(20)13-5-1-2-8-17-13/h1-9H,16H2,(H,19,20). The van der Waals surface area contributed by atoms with Crippen molar-refractivity contribution in [3.63, 3.8) is 0 Å². The number of hydrogen-bond donors (Lipinski definition) is 2. The molecule has 0 aliphatic heterocycles. The molecular weight excluding hydrogens is 252 g/mol. The number of benzene rings is 1. The molecule has 2 aromatic heterocycles. The van der Waals surface area contributed by atoms with Gasteiger partial charge in [-0.25, -0.2) is 0 Å². The number of fused-ring (bicyclic) bond motifs is 1. The fraction of sp³-hybridized carbons (Fsp3) is 0. The summed E-state index contributed by atoms with van der Waals surface area (Å²) in [5.41, 5.74) is 8.16. The Morgan fingerprint density at radius 2 is 1.85 bits per heavy atom. The predicted molar refractivity (Wildman–Crippen MR) is 78.3 cm³/mol. The van der Waals surface area contributed by atoms with E-state index in [0.717, 1.165) is 5.39 Å². The predicted octanol–water partition coefficient (Wildman–Crippen LogP) is 2.46. The lowest BCUT2D eigenvalue weighted by molar-refractivity contribution is 0.102. The van der Waals surface area contributed by atoms with Gasteiger partial charge in [0.2, 0.25) is 0 Å². The van der Waals surface area contributed by atoms with Crippen LogP contribution in [0.2, 0.25) is 0 Å². The van der Waals surface area contributed by atoms with Gasteiger partial charge < -0.3 is 11.1 Å². The summed E-state index contributed by atoms with van der Waals surface area (Å²) >= 11 is 0. The van der Waals surface area contributed by atoms with E-state index < -0.39 is 0 Å². The normalized spacial score (nSPS) is 10.4. The van der Waals surface area contributed by atoms with Crippen LogP contribution in [0.3, 0.4) is 0 Å². The fourth-order valence-corrected chi connectivity index (χ4v) is 1.99. The Labute approximate surface area is 115 Å². The maximum atomic E-state index is 12.1. The minimum atomic E-state index is -0.263. The van der Waals surface area contributed by atoms with Crippen molar-refractivity contribution in [2.75, 3.05) is 11.1 Å². The summed E-state index contributed by atoms with van der Waals surface area (Å²) in [6.07, 6.45) is 3.25. The summed E-state index contributed by atoms with van der Waals surface area (Å²) in [6.45, 7) is 0. The molecule has 3 rings (SSSR count). The molecule has 98 valence electrons. The number of nitrogens with one attached hydrogen (secondary N) is 1. The van der Waals surface area contributed by atoms with Gasteiger partial charge in [-0.1, -0.05) is 6.07 Å². The first-order valence-corrected chi connectivity index (χ1v) is 6.11. The van der Waals surface area contributed by atoms with Gasteiger partial charge in [-0.3, -0.25) is 14.8 Å². The number of carbonyl (C=O) groups excluding carboxylic acids is 1. The van der Waals surface area contributed by atoms with Crippen LogP contribution in [0.1, 0.15) is 10.5 Å². The van der Waals surface area contributed by atoms with Gasteiger partial charge in [0.15, 0.2) is 0 Å². The number of nitrogens with zero attached hydrogens (tertiary/aromatic N) is 2. The number of rotatable bonds is 2. The molecule has 20 heavy (non-hydrogen) atoms. The van der Waals surface area contributed by atoms with Gasteiger partial charge in [0.1, 0.15) is 5.69 Å². The van der Waals surface area contributed by atoms with Crippen molar-refractivity contribution in [1.82, 2.24) is 9.97 Å². The number of nitrogen functional groups attached to an aromatic ring is 1. The molecule has 0 aliphatic rings. The van der Waals surface area contributed by atoms with E-state index in [1.54, 1.807) is 48.8 Å². The molecule has 0 fully saturated rings. The van der Waals surface area contributed by atoms with Crippen molar-refractivity contribution in [1.29, 1.82) is 0 Å². The Hall–Kier alpha value is -2.95. The van der Waals surface area contributed by atoms with Crippen LogP contribution >= 0.6 is 0 Å². The van der Waals surface area contributed by atoms with Gasteiger partial charge in [-0.05, 0) is 36.4 Å². The van der Waals surface area contributed by atoms with Crippen molar-refractivity contribution < 1.29 is 4.79 Å². The molecule has 0 atom stereocenters. The van der Waals surface area contributed by atoms with Crippen molar-refractivity contribution >= 4 is 28.2 Å². The zero-order valence-electron chi connectivity index (χ0n) is 10.6. The van der Waals surface area contributed by atoms with Crippen molar-refractivity contribution in [2.24, 2.45) is 0 Å². The Kier molecular flexibility index (Phi) is 3.01. The molecule has 2 heterocycles. The molecule has 3 N–H and O–H groups in total. The second-order valence-electron chi connectivity index (χ2n) is 4.27. The number of carbonyl (C=O) groups is 1. The van der Waals surface area contributed by atoms with E-state index in [-0.39, 0.29) is 5.91 Å².